The number of tetrazole rings is 1. The van der Waals surface area contributed by atoms with Gasteiger partial charge < -0.3 is 5.11 Å². The normalized spacial score (nSPS) is 13.7. The van der Waals surface area contributed by atoms with Crippen LogP contribution in [0.5, 0.6) is 0 Å². The zero-order chi connectivity index (χ0) is 13.0. The van der Waals surface area contributed by atoms with Crippen LogP contribution in [0.2, 0.25) is 5.02 Å². The van der Waals surface area contributed by atoms with Gasteiger partial charge in [-0.05, 0) is 33.7 Å². The van der Waals surface area contributed by atoms with Gasteiger partial charge in [0.05, 0.1) is 6.04 Å². The molecule has 9 heteroatoms. The fourth-order valence-corrected chi connectivity index (χ4v) is 1.60. The molecule has 1 aromatic carbocycles. The van der Waals surface area contributed by atoms with Gasteiger partial charge in [0.1, 0.15) is 6.10 Å². The molecule has 2 rings (SSSR count). The van der Waals surface area contributed by atoms with E-state index in [4.69, 9.17) is 17.1 Å². The molecule has 0 fully saturated rings. The lowest BCUT2D eigenvalue weighted by molar-refractivity contribution is 0.137. The monoisotopic (exact) mass is 265 g/mol. The second kappa shape index (κ2) is 5.46. The highest BCUT2D eigenvalue weighted by Gasteiger charge is 2.24. The first kappa shape index (κ1) is 12.3. The quantitative estimate of drug-likeness (QED) is 0.498. The van der Waals surface area contributed by atoms with Gasteiger partial charge in [-0.3, -0.25) is 0 Å². The summed E-state index contributed by atoms with van der Waals surface area (Å²) in [5.74, 6) is 0.127. The predicted octanol–water partition coefficient (Wildman–Crippen LogP) is 1.94. The summed E-state index contributed by atoms with van der Waals surface area (Å²) in [6, 6.07) is 5.77. The molecule has 0 aliphatic heterocycles. The van der Waals surface area contributed by atoms with Gasteiger partial charge in [-0.1, -0.05) is 28.8 Å². The summed E-state index contributed by atoms with van der Waals surface area (Å²) in [4.78, 5) is 2.72. The van der Waals surface area contributed by atoms with Crippen molar-refractivity contribution in [3.8, 4) is 0 Å². The summed E-state index contributed by atoms with van der Waals surface area (Å²) >= 11 is 5.77. The van der Waals surface area contributed by atoms with Crippen molar-refractivity contribution in [2.75, 3.05) is 0 Å². The third-order valence-corrected chi connectivity index (χ3v) is 2.58. The Balaban J connectivity index is 2.34. The molecule has 92 valence electrons. The number of aliphatic hydroxyl groups excluding tert-OH is 1. The van der Waals surface area contributed by atoms with E-state index >= 15 is 0 Å². The third kappa shape index (κ3) is 2.57. The molecule has 0 aliphatic carbocycles. The minimum Gasteiger partial charge on any atom is -0.384 e. The molecule has 0 unspecified atom stereocenters. The SMILES string of the molecule is [N-]=[N+]=N[C@@H](c1ccc(Cl)cc1)[C@H](O)c1nnn[nH]1. The van der Waals surface area contributed by atoms with Gasteiger partial charge >= 0.3 is 0 Å². The van der Waals surface area contributed by atoms with E-state index in [1.165, 1.54) is 0 Å². The zero-order valence-electron chi connectivity index (χ0n) is 8.97. The van der Waals surface area contributed by atoms with Crippen LogP contribution in [0.25, 0.3) is 10.4 Å². The summed E-state index contributed by atoms with van der Waals surface area (Å²) in [7, 11) is 0. The summed E-state index contributed by atoms with van der Waals surface area (Å²) < 4.78 is 0. The van der Waals surface area contributed by atoms with Crippen LogP contribution in [0.1, 0.15) is 23.5 Å². The lowest BCUT2D eigenvalue weighted by Gasteiger charge is -2.15. The summed E-state index contributed by atoms with van der Waals surface area (Å²) in [6.45, 7) is 0. The Kier molecular flexibility index (Phi) is 3.73. The van der Waals surface area contributed by atoms with E-state index in [9.17, 15) is 5.11 Å². The van der Waals surface area contributed by atoms with E-state index in [0.717, 1.165) is 0 Å². The van der Waals surface area contributed by atoms with Crippen molar-refractivity contribution >= 4 is 11.6 Å². The molecule has 2 N–H and O–H groups in total. The van der Waals surface area contributed by atoms with Gasteiger partial charge in [0, 0.05) is 9.93 Å². The molecule has 1 heterocycles. The number of hydrogen-bond acceptors (Lipinski definition) is 5. The van der Waals surface area contributed by atoms with E-state index in [0.29, 0.717) is 10.6 Å². The number of halogens is 1. The number of H-pyrrole nitrogens is 1. The lowest BCUT2D eigenvalue weighted by Crippen LogP contribution is -2.10. The second-order valence-electron chi connectivity index (χ2n) is 3.43. The fraction of sp³-hybridized carbons (Fsp3) is 0.222. The molecule has 8 nitrogen and oxygen atoms in total. The molecule has 0 aliphatic rings. The van der Waals surface area contributed by atoms with Crippen LogP contribution in [0.3, 0.4) is 0 Å². The van der Waals surface area contributed by atoms with Crippen LogP contribution in [0.15, 0.2) is 29.4 Å². The first-order valence-electron chi connectivity index (χ1n) is 4.93. The van der Waals surface area contributed by atoms with Gasteiger partial charge in [0.15, 0.2) is 5.82 Å². The summed E-state index contributed by atoms with van der Waals surface area (Å²) in [5.41, 5.74) is 9.17. The number of rotatable bonds is 4. The molecule has 0 amide bonds. The molecule has 2 aromatic rings. The van der Waals surface area contributed by atoms with E-state index in [2.05, 4.69) is 30.7 Å². The third-order valence-electron chi connectivity index (χ3n) is 2.33. The number of hydrogen-bond donors (Lipinski definition) is 2. The van der Waals surface area contributed by atoms with Crippen LogP contribution in [0.4, 0.5) is 0 Å². The van der Waals surface area contributed by atoms with E-state index in [1.54, 1.807) is 24.3 Å². The zero-order valence-corrected chi connectivity index (χ0v) is 9.73. The Labute approximate surface area is 106 Å². The molecular weight excluding hydrogens is 258 g/mol. The molecule has 1 aromatic heterocycles. The number of nitrogens with zero attached hydrogens (tertiary/aromatic N) is 6. The van der Waals surface area contributed by atoms with E-state index in [1.807, 2.05) is 0 Å². The maximum atomic E-state index is 10.1. The predicted molar refractivity (Wildman–Crippen MR) is 62.5 cm³/mol. The van der Waals surface area contributed by atoms with Crippen molar-refractivity contribution in [2.24, 2.45) is 5.11 Å². The van der Waals surface area contributed by atoms with E-state index in [-0.39, 0.29) is 5.82 Å². The van der Waals surface area contributed by atoms with Crippen LogP contribution in [-0.2, 0) is 0 Å². The molecule has 18 heavy (non-hydrogen) atoms. The van der Waals surface area contributed by atoms with Gasteiger partial charge in [0.25, 0.3) is 0 Å². The van der Waals surface area contributed by atoms with Crippen LogP contribution >= 0.6 is 11.6 Å². The molecular formula is C9H8ClN7O. The smallest absolute Gasteiger partial charge is 0.178 e. The fourth-order valence-electron chi connectivity index (χ4n) is 1.47. The first-order valence-corrected chi connectivity index (χ1v) is 5.31. The Hall–Kier alpha value is -2.15. The Morgan fingerprint density at radius 3 is 2.67 bits per heavy atom. The maximum Gasteiger partial charge on any atom is 0.178 e. The Morgan fingerprint density at radius 2 is 2.11 bits per heavy atom. The number of nitrogens with one attached hydrogen (secondary N) is 1. The van der Waals surface area contributed by atoms with Crippen molar-refractivity contribution < 1.29 is 5.11 Å². The first-order chi connectivity index (χ1) is 8.72. The number of aromatic nitrogens is 4. The Bertz CT molecular complexity index is 549. The van der Waals surface area contributed by atoms with E-state index < -0.39 is 12.1 Å². The highest BCUT2D eigenvalue weighted by Crippen LogP contribution is 2.30. The molecule has 0 radical (unpaired) electrons. The minimum absolute atomic E-state index is 0.127. The molecule has 0 saturated carbocycles. The second-order valence-corrected chi connectivity index (χ2v) is 3.87. The van der Waals surface area contributed by atoms with Gasteiger partial charge in [-0.2, -0.15) is 0 Å². The minimum atomic E-state index is -1.16. The van der Waals surface area contributed by atoms with Crippen molar-refractivity contribution in [1.82, 2.24) is 20.6 Å². The molecule has 0 spiro atoms. The molecule has 0 saturated heterocycles. The largest absolute Gasteiger partial charge is 0.384 e. The summed E-state index contributed by atoms with van der Waals surface area (Å²) in [5, 5.41) is 26.9. The van der Waals surface area contributed by atoms with Crippen LogP contribution < -0.4 is 0 Å². The number of aromatic amines is 1. The molecule has 2 atom stereocenters. The standard InChI is InChI=1S/C9H8ClN7O/c10-6-3-1-5(2-4-6)7(12-15-11)8(18)9-13-16-17-14-9/h1-4,7-8,18H,(H,13,14,16,17)/t7-,8-/m0/s1. The van der Waals surface area contributed by atoms with Gasteiger partial charge in [0.2, 0.25) is 0 Å². The topological polar surface area (TPSA) is 123 Å². The maximum absolute atomic E-state index is 10.1. The number of benzene rings is 1. The van der Waals surface area contributed by atoms with Crippen molar-refractivity contribution in [2.45, 2.75) is 12.1 Å². The van der Waals surface area contributed by atoms with Gasteiger partial charge in [-0.15, -0.1) is 5.10 Å². The number of azide groups is 1. The van der Waals surface area contributed by atoms with Gasteiger partial charge in [-0.25, -0.2) is 5.10 Å². The van der Waals surface area contributed by atoms with Crippen molar-refractivity contribution in [1.29, 1.82) is 0 Å². The number of aliphatic hydroxyl groups is 1. The van der Waals surface area contributed by atoms with Crippen molar-refractivity contribution in [3.63, 3.8) is 0 Å². The lowest BCUT2D eigenvalue weighted by atomic mass is 10.0. The van der Waals surface area contributed by atoms with Crippen LogP contribution in [-0.4, -0.2) is 25.7 Å². The highest BCUT2D eigenvalue weighted by atomic mass is 35.5. The summed E-state index contributed by atoms with van der Waals surface area (Å²) in [6.07, 6.45) is -1.16. The molecule has 0 bridgehead atoms. The van der Waals surface area contributed by atoms with Crippen LogP contribution in [0, 0.1) is 0 Å². The Morgan fingerprint density at radius 1 is 1.39 bits per heavy atom. The van der Waals surface area contributed by atoms with Crippen molar-refractivity contribution in [3.05, 3.63) is 51.1 Å². The average Bonchev–Trinajstić information content (AvgIpc) is 2.90. The highest BCUT2D eigenvalue weighted by molar-refractivity contribution is 6.30. The average molecular weight is 266 g/mol.